The van der Waals surface area contributed by atoms with Crippen LogP contribution in [0.2, 0.25) is 0 Å². The molecule has 6 heteroatoms. The number of carbonyl (C=O) groups is 2. The number of halogens is 1. The van der Waals surface area contributed by atoms with E-state index in [1.165, 1.54) is 7.11 Å². The third-order valence-corrected chi connectivity index (χ3v) is 4.07. The number of nitrogens with one attached hydrogen (secondary N) is 1. The highest BCUT2D eigenvalue weighted by atomic mass is 79.9. The molecule has 0 heterocycles. The lowest BCUT2D eigenvalue weighted by Crippen LogP contribution is -2.44. The minimum Gasteiger partial charge on any atom is -0.480 e. The van der Waals surface area contributed by atoms with Gasteiger partial charge in [0.05, 0.1) is 0 Å². The zero-order valence-corrected chi connectivity index (χ0v) is 14.7. The van der Waals surface area contributed by atoms with Crippen LogP contribution in [-0.4, -0.2) is 30.1 Å². The monoisotopic (exact) mass is 391 g/mol. The molecule has 126 valence electrons. The molecule has 5 nitrogen and oxygen atoms in total. The standard InChI is InChI=1S/C18H18BrNO4/c1-24-16(13-5-3-2-4-6-13)17(21)20-15(18(22)23)11-12-7-9-14(19)10-8-12/h2-10,15-16H,11H2,1H3,(H,20,21)(H,22,23)/t15-,16-/m0/s1. The molecule has 0 aliphatic carbocycles. The Labute approximate surface area is 148 Å². The van der Waals surface area contributed by atoms with Gasteiger partial charge in [-0.05, 0) is 23.3 Å². The molecular weight excluding hydrogens is 374 g/mol. The predicted molar refractivity (Wildman–Crippen MR) is 93.6 cm³/mol. The van der Waals surface area contributed by atoms with E-state index in [0.717, 1.165) is 10.0 Å². The summed E-state index contributed by atoms with van der Waals surface area (Å²) in [6.07, 6.45) is -0.655. The molecule has 0 saturated carbocycles. The summed E-state index contributed by atoms with van der Waals surface area (Å²) < 4.78 is 6.14. The van der Waals surface area contributed by atoms with Gasteiger partial charge in [0.25, 0.3) is 5.91 Å². The molecule has 0 unspecified atom stereocenters. The average molecular weight is 392 g/mol. The minimum absolute atomic E-state index is 0.194. The number of rotatable bonds is 7. The lowest BCUT2D eigenvalue weighted by molar-refractivity contribution is -0.144. The van der Waals surface area contributed by atoms with Crippen LogP contribution >= 0.6 is 15.9 Å². The van der Waals surface area contributed by atoms with Gasteiger partial charge in [-0.2, -0.15) is 0 Å². The van der Waals surface area contributed by atoms with E-state index in [4.69, 9.17) is 4.74 Å². The number of hydrogen-bond acceptors (Lipinski definition) is 3. The van der Waals surface area contributed by atoms with Crippen LogP contribution < -0.4 is 5.32 Å². The lowest BCUT2D eigenvalue weighted by Gasteiger charge is -2.20. The Morgan fingerprint density at radius 2 is 1.75 bits per heavy atom. The maximum absolute atomic E-state index is 12.4. The molecular formula is C18H18BrNO4. The third kappa shape index (κ3) is 4.91. The first-order chi connectivity index (χ1) is 11.5. The van der Waals surface area contributed by atoms with Crippen LogP contribution in [0.15, 0.2) is 59.1 Å². The Bertz CT molecular complexity index is 688. The molecule has 2 N–H and O–H groups in total. The number of amides is 1. The second kappa shape index (κ2) is 8.61. The summed E-state index contributed by atoms with van der Waals surface area (Å²) in [5.74, 6) is -1.57. The van der Waals surface area contributed by atoms with Gasteiger partial charge >= 0.3 is 5.97 Å². The SMILES string of the molecule is CO[C@H](C(=O)N[C@@H](Cc1ccc(Br)cc1)C(=O)O)c1ccccc1. The van der Waals surface area contributed by atoms with Crippen molar-refractivity contribution in [1.82, 2.24) is 5.32 Å². The zero-order chi connectivity index (χ0) is 17.5. The van der Waals surface area contributed by atoms with Gasteiger partial charge in [0.15, 0.2) is 6.10 Å². The van der Waals surface area contributed by atoms with Crippen LogP contribution in [0.1, 0.15) is 17.2 Å². The molecule has 0 aliphatic rings. The molecule has 0 radical (unpaired) electrons. The van der Waals surface area contributed by atoms with E-state index < -0.39 is 24.0 Å². The second-order valence-corrected chi connectivity index (χ2v) is 6.17. The fourth-order valence-corrected chi connectivity index (χ4v) is 2.59. The molecule has 0 aromatic heterocycles. The summed E-state index contributed by atoms with van der Waals surface area (Å²) in [5, 5.41) is 12.0. The first-order valence-corrected chi connectivity index (χ1v) is 8.16. The van der Waals surface area contributed by atoms with E-state index in [2.05, 4.69) is 21.2 Å². The topological polar surface area (TPSA) is 75.6 Å². The normalized spacial score (nSPS) is 13.1. The predicted octanol–water partition coefficient (Wildman–Crippen LogP) is 2.95. The highest BCUT2D eigenvalue weighted by Gasteiger charge is 2.26. The van der Waals surface area contributed by atoms with Crippen LogP contribution in [0, 0.1) is 0 Å². The Balaban J connectivity index is 2.10. The van der Waals surface area contributed by atoms with Crippen molar-refractivity contribution in [2.45, 2.75) is 18.6 Å². The number of benzene rings is 2. The van der Waals surface area contributed by atoms with Gasteiger partial charge in [-0.1, -0.05) is 58.4 Å². The number of ether oxygens (including phenoxy) is 1. The molecule has 0 saturated heterocycles. The molecule has 1 amide bonds. The third-order valence-electron chi connectivity index (χ3n) is 3.54. The van der Waals surface area contributed by atoms with Crippen molar-refractivity contribution < 1.29 is 19.4 Å². The van der Waals surface area contributed by atoms with Gasteiger partial charge in [-0.3, -0.25) is 4.79 Å². The highest BCUT2D eigenvalue weighted by Crippen LogP contribution is 2.17. The van der Waals surface area contributed by atoms with Gasteiger partial charge in [-0.15, -0.1) is 0 Å². The Hall–Kier alpha value is -2.18. The van der Waals surface area contributed by atoms with E-state index in [1.807, 2.05) is 30.3 Å². The molecule has 2 atom stereocenters. The summed E-state index contributed by atoms with van der Waals surface area (Å²) in [6, 6.07) is 15.2. The number of methoxy groups -OCH3 is 1. The molecule has 0 spiro atoms. The first kappa shape index (κ1) is 18.2. The van der Waals surface area contributed by atoms with E-state index in [0.29, 0.717) is 5.56 Å². The van der Waals surface area contributed by atoms with Crippen LogP contribution in [0.4, 0.5) is 0 Å². The number of aliphatic carboxylic acids is 1. The number of carbonyl (C=O) groups excluding carboxylic acids is 1. The van der Waals surface area contributed by atoms with Crippen LogP contribution in [0.25, 0.3) is 0 Å². The van der Waals surface area contributed by atoms with Crippen LogP contribution in [-0.2, 0) is 20.7 Å². The van der Waals surface area contributed by atoms with Crippen molar-refractivity contribution in [3.05, 3.63) is 70.2 Å². The second-order valence-electron chi connectivity index (χ2n) is 5.26. The van der Waals surface area contributed by atoms with Gasteiger partial charge in [0.1, 0.15) is 6.04 Å². The van der Waals surface area contributed by atoms with E-state index >= 15 is 0 Å². The summed E-state index contributed by atoms with van der Waals surface area (Å²) in [6.45, 7) is 0. The molecule has 24 heavy (non-hydrogen) atoms. The van der Waals surface area contributed by atoms with Crippen molar-refractivity contribution in [3.63, 3.8) is 0 Å². The maximum atomic E-state index is 12.4. The Kier molecular flexibility index (Phi) is 6.52. The molecule has 2 aromatic rings. The van der Waals surface area contributed by atoms with Crippen molar-refractivity contribution in [3.8, 4) is 0 Å². The first-order valence-electron chi connectivity index (χ1n) is 7.36. The van der Waals surface area contributed by atoms with E-state index in [-0.39, 0.29) is 6.42 Å². The van der Waals surface area contributed by atoms with Crippen LogP contribution in [0.5, 0.6) is 0 Å². The van der Waals surface area contributed by atoms with Gasteiger partial charge in [-0.25, -0.2) is 4.79 Å². The fourth-order valence-electron chi connectivity index (χ4n) is 2.33. The summed E-state index contributed by atoms with van der Waals surface area (Å²) >= 11 is 3.33. The average Bonchev–Trinajstić information content (AvgIpc) is 2.57. The molecule has 2 rings (SSSR count). The highest BCUT2D eigenvalue weighted by molar-refractivity contribution is 9.10. The zero-order valence-electron chi connectivity index (χ0n) is 13.1. The number of carboxylic acids is 1. The van der Waals surface area contributed by atoms with E-state index in [9.17, 15) is 14.7 Å². The smallest absolute Gasteiger partial charge is 0.326 e. The Morgan fingerprint density at radius 1 is 1.12 bits per heavy atom. The summed E-state index contributed by atoms with van der Waals surface area (Å²) in [4.78, 5) is 23.9. The van der Waals surface area contributed by atoms with Gasteiger partial charge in [0.2, 0.25) is 0 Å². The summed E-state index contributed by atoms with van der Waals surface area (Å²) in [7, 11) is 1.42. The molecule has 0 fully saturated rings. The summed E-state index contributed by atoms with van der Waals surface area (Å²) in [5.41, 5.74) is 1.49. The largest absolute Gasteiger partial charge is 0.480 e. The van der Waals surface area contributed by atoms with Crippen molar-refractivity contribution >= 4 is 27.8 Å². The van der Waals surface area contributed by atoms with Gasteiger partial charge in [0, 0.05) is 18.0 Å². The molecule has 0 aliphatic heterocycles. The van der Waals surface area contributed by atoms with E-state index in [1.54, 1.807) is 24.3 Å². The van der Waals surface area contributed by atoms with Crippen LogP contribution in [0.3, 0.4) is 0 Å². The van der Waals surface area contributed by atoms with Crippen molar-refractivity contribution in [2.75, 3.05) is 7.11 Å². The van der Waals surface area contributed by atoms with Gasteiger partial charge < -0.3 is 15.2 Å². The quantitative estimate of drug-likeness (QED) is 0.760. The molecule has 2 aromatic carbocycles. The Morgan fingerprint density at radius 3 is 2.29 bits per heavy atom. The fraction of sp³-hybridized carbons (Fsp3) is 0.222. The maximum Gasteiger partial charge on any atom is 0.326 e. The number of hydrogen-bond donors (Lipinski definition) is 2. The minimum atomic E-state index is -1.09. The van der Waals surface area contributed by atoms with Crippen molar-refractivity contribution in [1.29, 1.82) is 0 Å². The lowest BCUT2D eigenvalue weighted by atomic mass is 10.0. The molecule has 0 bridgehead atoms. The van der Waals surface area contributed by atoms with Crippen molar-refractivity contribution in [2.24, 2.45) is 0 Å². The number of carboxylic acid groups (broad SMARTS) is 1.